The van der Waals surface area contributed by atoms with E-state index in [1.807, 2.05) is 36.4 Å². The minimum atomic E-state index is -0.338. The Labute approximate surface area is 332 Å². The molecule has 4 aliphatic carbocycles. The Bertz CT molecular complexity index is 2010. The minimum Gasteiger partial charge on any atom is -0.420 e. The third-order valence-electron chi connectivity index (χ3n) is 16.9. The van der Waals surface area contributed by atoms with Gasteiger partial charge in [0, 0.05) is 17.7 Å². The molecule has 2 aromatic heterocycles. The van der Waals surface area contributed by atoms with Crippen LogP contribution in [0.15, 0.2) is 52.9 Å². The highest BCUT2D eigenvalue weighted by atomic mass is 16.4. The van der Waals surface area contributed by atoms with E-state index >= 15 is 0 Å². The highest BCUT2D eigenvalue weighted by molar-refractivity contribution is 5.83. The van der Waals surface area contributed by atoms with Crippen molar-refractivity contribution in [1.29, 1.82) is 0 Å². The van der Waals surface area contributed by atoms with Gasteiger partial charge in [0.25, 0.3) is 0 Å². The van der Waals surface area contributed by atoms with Crippen molar-refractivity contribution >= 4 is 5.91 Å². The Morgan fingerprint density at radius 3 is 2.43 bits per heavy atom. The number of carbonyl (C=O) groups excluding carboxylic acids is 1. The molecule has 1 amide bonds. The fourth-order valence-electron chi connectivity index (χ4n) is 13.6. The number of aliphatic hydroxyl groups is 1. The first-order valence-electron chi connectivity index (χ1n) is 21.5. The highest BCUT2D eigenvalue weighted by Gasteiger charge is 2.69. The molecule has 0 bridgehead atoms. The van der Waals surface area contributed by atoms with Gasteiger partial charge in [0.1, 0.15) is 0 Å². The molecule has 0 saturated heterocycles. The van der Waals surface area contributed by atoms with Gasteiger partial charge in [-0.1, -0.05) is 91.3 Å². The first-order chi connectivity index (χ1) is 26.7. The van der Waals surface area contributed by atoms with Gasteiger partial charge in [-0.2, -0.15) is 5.21 Å². The first-order valence-corrected chi connectivity index (χ1v) is 21.5. The topological polar surface area (TPSA) is 143 Å². The number of hydrogen-bond donors (Lipinski definition) is 3. The molecule has 300 valence electrons. The van der Waals surface area contributed by atoms with Crippen molar-refractivity contribution in [3.05, 3.63) is 65.5 Å². The van der Waals surface area contributed by atoms with Gasteiger partial charge < -0.3 is 14.8 Å². The Hall–Kier alpha value is -3.92. The Morgan fingerprint density at radius 1 is 0.875 bits per heavy atom. The summed E-state index contributed by atoms with van der Waals surface area (Å²) in [5.41, 5.74) is 4.27. The molecule has 2 heterocycles. The van der Waals surface area contributed by atoms with Crippen LogP contribution in [0.4, 0.5) is 0 Å². The zero-order valence-electron chi connectivity index (χ0n) is 34.7. The molecule has 4 saturated carbocycles. The number of tetrazole rings is 1. The third-order valence-corrected chi connectivity index (χ3v) is 16.9. The van der Waals surface area contributed by atoms with E-state index in [4.69, 9.17) is 4.42 Å². The van der Waals surface area contributed by atoms with E-state index in [1.165, 1.54) is 25.7 Å². The summed E-state index contributed by atoms with van der Waals surface area (Å²) in [4.78, 5) is 14.5. The molecule has 4 fully saturated rings. The molecule has 56 heavy (non-hydrogen) atoms. The van der Waals surface area contributed by atoms with Gasteiger partial charge in [-0.3, -0.25) is 4.79 Å². The van der Waals surface area contributed by atoms with E-state index in [2.05, 4.69) is 96.7 Å². The van der Waals surface area contributed by atoms with Crippen LogP contribution < -0.4 is 5.32 Å². The van der Waals surface area contributed by atoms with Crippen molar-refractivity contribution < 1.29 is 14.3 Å². The van der Waals surface area contributed by atoms with Crippen molar-refractivity contribution in [3.8, 4) is 22.8 Å². The molecule has 4 aromatic rings. The smallest absolute Gasteiger partial charge is 0.247 e. The standard InChI is InChI=1S/C46H63N7O3/c1-8-21-46(25-24-44(6)34(29(46)2)16-17-36-43(5)22-19-37(54)42(3,4)35(43)18-23-45(36,44)7)41(55)47-26-20-30-10-9-11-33(27-30)40-51-48-38(56-40)28-31-12-14-32(15-13-31)39-49-52-53-50-39/h9-15,27,29,34-37,54H,8,16-26,28H2,1-7H3,(H,47,55)(H,49,50,52,53)/t29?,34?,35?,36?,37?,43?,44-,45?,46?/m1/s1. The first kappa shape index (κ1) is 38.9. The van der Waals surface area contributed by atoms with Crippen molar-refractivity contribution in [3.63, 3.8) is 0 Å². The molecule has 8 rings (SSSR count). The number of H-pyrrole nitrogens is 1. The summed E-state index contributed by atoms with van der Waals surface area (Å²) in [6.45, 7) is 17.8. The summed E-state index contributed by atoms with van der Waals surface area (Å²) < 4.78 is 6.10. The van der Waals surface area contributed by atoms with Gasteiger partial charge in [-0.25, -0.2) is 0 Å². The van der Waals surface area contributed by atoms with Crippen LogP contribution in [0, 0.1) is 50.7 Å². The lowest BCUT2D eigenvalue weighted by Crippen LogP contribution is -2.67. The van der Waals surface area contributed by atoms with Gasteiger partial charge in [-0.05, 0) is 138 Å². The Balaban J connectivity index is 0.916. The number of fused-ring (bicyclic) bond motifs is 5. The zero-order valence-corrected chi connectivity index (χ0v) is 34.7. The molecular formula is C46H63N7O3. The summed E-state index contributed by atoms with van der Waals surface area (Å²) in [5, 5.41) is 37.4. The lowest BCUT2D eigenvalue weighted by Gasteiger charge is -2.72. The van der Waals surface area contributed by atoms with Crippen LogP contribution in [0.25, 0.3) is 22.8 Å². The molecule has 10 heteroatoms. The molecular weight excluding hydrogens is 699 g/mol. The second-order valence-electron chi connectivity index (χ2n) is 19.6. The molecule has 4 aliphatic rings. The second kappa shape index (κ2) is 14.5. The van der Waals surface area contributed by atoms with Crippen LogP contribution in [-0.4, -0.2) is 54.5 Å². The van der Waals surface area contributed by atoms with Crippen LogP contribution >= 0.6 is 0 Å². The molecule has 0 radical (unpaired) electrons. The molecule has 0 spiro atoms. The normalized spacial score (nSPS) is 34.9. The van der Waals surface area contributed by atoms with Crippen LogP contribution in [0.5, 0.6) is 0 Å². The Kier molecular flexibility index (Phi) is 10.1. The number of amides is 1. The number of nitrogens with zero attached hydrogens (tertiary/aromatic N) is 5. The summed E-state index contributed by atoms with van der Waals surface area (Å²) in [6.07, 6.45) is 12.1. The molecule has 8 unspecified atom stereocenters. The second-order valence-corrected chi connectivity index (χ2v) is 19.6. The zero-order chi connectivity index (χ0) is 39.5. The number of aromatic amines is 1. The van der Waals surface area contributed by atoms with Crippen LogP contribution in [0.2, 0.25) is 0 Å². The number of rotatable bonds is 10. The molecule has 2 aromatic carbocycles. The van der Waals surface area contributed by atoms with Crippen molar-refractivity contribution in [2.75, 3.05) is 6.54 Å². The predicted octanol–water partition coefficient (Wildman–Crippen LogP) is 9.02. The quantitative estimate of drug-likeness (QED) is 0.145. The minimum absolute atomic E-state index is 0.0366. The summed E-state index contributed by atoms with van der Waals surface area (Å²) in [5.74, 6) is 3.93. The van der Waals surface area contributed by atoms with E-state index in [-0.39, 0.29) is 39.1 Å². The maximum atomic E-state index is 14.5. The number of aromatic nitrogens is 6. The van der Waals surface area contributed by atoms with Crippen LogP contribution in [0.1, 0.15) is 130 Å². The number of hydrogen-bond acceptors (Lipinski definition) is 8. The fraction of sp³-hybridized carbons (Fsp3) is 0.652. The maximum absolute atomic E-state index is 14.5. The predicted molar refractivity (Wildman–Crippen MR) is 217 cm³/mol. The summed E-state index contributed by atoms with van der Waals surface area (Å²) >= 11 is 0. The van der Waals surface area contributed by atoms with Crippen molar-refractivity contribution in [2.45, 2.75) is 132 Å². The lowest BCUT2D eigenvalue weighted by molar-refractivity contribution is -0.246. The summed E-state index contributed by atoms with van der Waals surface area (Å²) in [7, 11) is 0. The Morgan fingerprint density at radius 2 is 1.68 bits per heavy atom. The van der Waals surface area contributed by atoms with Gasteiger partial charge in [0.15, 0.2) is 0 Å². The molecule has 9 atom stereocenters. The SMILES string of the molecule is CCCC1(C(=O)NCCc2cccc(-c3nnc(Cc4ccc(-c5nn[nH]n5)cc4)o3)c2)CC[C@]2(C)C(CCC3C4(C)CCC(O)C(C)(C)C4CCC32C)C1C. The maximum Gasteiger partial charge on any atom is 0.247 e. The van der Waals surface area contributed by atoms with Crippen molar-refractivity contribution in [1.82, 2.24) is 36.1 Å². The summed E-state index contributed by atoms with van der Waals surface area (Å²) in [6, 6.07) is 16.1. The van der Waals surface area contributed by atoms with Gasteiger partial charge in [-0.15, -0.1) is 20.4 Å². The van der Waals surface area contributed by atoms with Crippen LogP contribution in [-0.2, 0) is 17.6 Å². The fourth-order valence-corrected chi connectivity index (χ4v) is 13.6. The van der Waals surface area contributed by atoms with E-state index in [9.17, 15) is 9.90 Å². The van der Waals surface area contributed by atoms with Gasteiger partial charge in [0.05, 0.1) is 17.9 Å². The average Bonchev–Trinajstić information content (AvgIpc) is 3.89. The number of aliphatic hydroxyl groups excluding tert-OH is 1. The van der Waals surface area contributed by atoms with Crippen LogP contribution in [0.3, 0.4) is 0 Å². The molecule has 0 aliphatic heterocycles. The number of nitrogens with one attached hydrogen (secondary N) is 2. The monoisotopic (exact) mass is 761 g/mol. The largest absolute Gasteiger partial charge is 0.420 e. The van der Waals surface area contributed by atoms with E-state index in [0.29, 0.717) is 54.2 Å². The average molecular weight is 762 g/mol. The molecule has 3 N–H and O–H groups in total. The van der Waals surface area contributed by atoms with E-state index in [0.717, 1.165) is 67.2 Å². The van der Waals surface area contributed by atoms with Crippen molar-refractivity contribution in [2.24, 2.45) is 50.7 Å². The molecule has 10 nitrogen and oxygen atoms in total. The highest BCUT2D eigenvalue weighted by Crippen LogP contribution is 2.75. The lowest BCUT2D eigenvalue weighted by atomic mass is 9.32. The van der Waals surface area contributed by atoms with Gasteiger partial charge in [0.2, 0.25) is 23.5 Å². The van der Waals surface area contributed by atoms with E-state index < -0.39 is 0 Å². The number of carbonyl (C=O) groups is 1. The number of benzene rings is 2. The third kappa shape index (κ3) is 6.24. The van der Waals surface area contributed by atoms with Gasteiger partial charge >= 0.3 is 0 Å². The van der Waals surface area contributed by atoms with E-state index in [1.54, 1.807) is 0 Å².